The highest BCUT2D eigenvalue weighted by Gasteiger charge is 2.17. The van der Waals surface area contributed by atoms with Gasteiger partial charge in [0.25, 0.3) is 0 Å². The molecule has 0 radical (unpaired) electrons. The van der Waals surface area contributed by atoms with Crippen molar-refractivity contribution in [3.05, 3.63) is 65.0 Å². The third-order valence-corrected chi connectivity index (χ3v) is 4.32. The molecule has 3 heteroatoms. The molecule has 2 aromatic carbocycles. The molecule has 0 spiro atoms. The Labute approximate surface area is 115 Å². The number of fused-ring (bicyclic) bond motifs is 1. The Morgan fingerprint density at radius 3 is 2.58 bits per heavy atom. The van der Waals surface area contributed by atoms with E-state index in [1.807, 2.05) is 42.5 Å². The zero-order valence-electron chi connectivity index (χ0n) is 10.5. The molecule has 1 aromatic heterocycles. The first-order valence-corrected chi connectivity index (χ1v) is 6.90. The van der Waals surface area contributed by atoms with Gasteiger partial charge in [-0.1, -0.05) is 36.4 Å². The van der Waals surface area contributed by atoms with E-state index in [2.05, 4.69) is 12.1 Å². The highest BCUT2D eigenvalue weighted by atomic mass is 32.1. The second-order valence-corrected chi connectivity index (χ2v) is 5.45. The van der Waals surface area contributed by atoms with Gasteiger partial charge >= 0.3 is 0 Å². The number of hydrogen-bond acceptors (Lipinski definition) is 3. The van der Waals surface area contributed by atoms with Crippen LogP contribution in [-0.4, -0.2) is 12.2 Å². The van der Waals surface area contributed by atoms with Crippen LogP contribution in [0.1, 0.15) is 16.5 Å². The number of aliphatic hydroxyl groups is 1. The smallest absolute Gasteiger partial charge is 0.125 e. The van der Waals surface area contributed by atoms with Crippen LogP contribution in [0.3, 0.4) is 0 Å². The van der Waals surface area contributed by atoms with E-state index in [1.54, 1.807) is 18.4 Å². The summed E-state index contributed by atoms with van der Waals surface area (Å²) < 4.78 is 6.49. The van der Waals surface area contributed by atoms with Gasteiger partial charge in [0.2, 0.25) is 0 Å². The Kier molecular flexibility index (Phi) is 3.23. The lowest BCUT2D eigenvalue weighted by Gasteiger charge is -2.12. The number of ether oxygens (including phenoxy) is 1. The van der Waals surface area contributed by atoms with Crippen molar-refractivity contribution in [1.29, 1.82) is 0 Å². The fraction of sp³-hybridized carbons (Fsp3) is 0.125. The molecular weight excluding hydrogens is 256 g/mol. The van der Waals surface area contributed by atoms with Crippen LogP contribution in [-0.2, 0) is 0 Å². The van der Waals surface area contributed by atoms with Crippen LogP contribution in [0.25, 0.3) is 10.1 Å². The highest BCUT2D eigenvalue weighted by Crippen LogP contribution is 2.36. The van der Waals surface area contributed by atoms with Crippen LogP contribution in [0.5, 0.6) is 5.75 Å². The molecule has 3 aromatic rings. The third kappa shape index (κ3) is 2.23. The maximum atomic E-state index is 10.5. The maximum Gasteiger partial charge on any atom is 0.125 e. The van der Waals surface area contributed by atoms with Crippen LogP contribution < -0.4 is 4.74 Å². The monoisotopic (exact) mass is 270 g/mol. The van der Waals surface area contributed by atoms with E-state index in [4.69, 9.17) is 4.74 Å². The molecule has 19 heavy (non-hydrogen) atoms. The zero-order valence-corrected chi connectivity index (χ0v) is 11.4. The molecule has 1 heterocycles. The highest BCUT2D eigenvalue weighted by molar-refractivity contribution is 7.19. The summed E-state index contributed by atoms with van der Waals surface area (Å²) in [7, 11) is 1.62. The minimum Gasteiger partial charge on any atom is -0.496 e. The number of hydrogen-bond donors (Lipinski definition) is 1. The van der Waals surface area contributed by atoms with Crippen molar-refractivity contribution < 1.29 is 9.84 Å². The number of benzene rings is 2. The van der Waals surface area contributed by atoms with E-state index in [0.29, 0.717) is 5.75 Å². The summed E-state index contributed by atoms with van der Waals surface area (Å²) in [6, 6.07) is 17.8. The van der Waals surface area contributed by atoms with Gasteiger partial charge in [0.1, 0.15) is 11.9 Å². The van der Waals surface area contributed by atoms with Gasteiger partial charge in [0, 0.05) is 15.1 Å². The van der Waals surface area contributed by atoms with E-state index >= 15 is 0 Å². The molecule has 0 aliphatic heterocycles. The van der Waals surface area contributed by atoms with Crippen molar-refractivity contribution in [3.63, 3.8) is 0 Å². The molecule has 1 unspecified atom stereocenters. The normalized spacial score (nSPS) is 12.5. The van der Waals surface area contributed by atoms with E-state index < -0.39 is 6.10 Å². The first kappa shape index (κ1) is 12.2. The number of rotatable bonds is 3. The molecule has 0 aliphatic carbocycles. The predicted octanol–water partition coefficient (Wildman–Crippen LogP) is 3.99. The molecule has 0 saturated heterocycles. The largest absolute Gasteiger partial charge is 0.496 e. The van der Waals surface area contributed by atoms with Gasteiger partial charge in [-0.15, -0.1) is 11.3 Å². The Morgan fingerprint density at radius 1 is 1.05 bits per heavy atom. The van der Waals surface area contributed by atoms with Crippen LogP contribution in [0.2, 0.25) is 0 Å². The molecule has 0 amide bonds. The van der Waals surface area contributed by atoms with Gasteiger partial charge in [-0.25, -0.2) is 0 Å². The Balaban J connectivity index is 2.05. The minimum atomic E-state index is -0.645. The quantitative estimate of drug-likeness (QED) is 0.779. The third-order valence-electron chi connectivity index (χ3n) is 3.15. The van der Waals surface area contributed by atoms with E-state index in [1.165, 1.54) is 4.70 Å². The Hall–Kier alpha value is -1.84. The average molecular weight is 270 g/mol. The van der Waals surface area contributed by atoms with Gasteiger partial charge in [0.15, 0.2) is 0 Å². The lowest BCUT2D eigenvalue weighted by atomic mass is 10.1. The van der Waals surface area contributed by atoms with Crippen LogP contribution >= 0.6 is 11.3 Å². The van der Waals surface area contributed by atoms with Gasteiger partial charge in [-0.2, -0.15) is 0 Å². The molecule has 2 nitrogen and oxygen atoms in total. The van der Waals surface area contributed by atoms with Crippen molar-refractivity contribution in [2.24, 2.45) is 0 Å². The van der Waals surface area contributed by atoms with Crippen molar-refractivity contribution >= 4 is 21.4 Å². The SMILES string of the molecule is COc1ccccc1C(O)c1cc2ccccc2s1. The van der Waals surface area contributed by atoms with Crippen molar-refractivity contribution in [3.8, 4) is 5.75 Å². The summed E-state index contributed by atoms with van der Waals surface area (Å²) in [5.41, 5.74) is 0.802. The minimum absolute atomic E-state index is 0.645. The molecule has 1 N–H and O–H groups in total. The molecule has 0 aliphatic rings. The maximum absolute atomic E-state index is 10.5. The van der Waals surface area contributed by atoms with Gasteiger partial charge in [0.05, 0.1) is 7.11 Å². The van der Waals surface area contributed by atoms with Crippen LogP contribution in [0.4, 0.5) is 0 Å². The molecule has 0 bridgehead atoms. The topological polar surface area (TPSA) is 29.5 Å². The van der Waals surface area contributed by atoms with Crippen molar-refractivity contribution in [2.45, 2.75) is 6.10 Å². The van der Waals surface area contributed by atoms with Gasteiger partial charge in [-0.05, 0) is 23.6 Å². The predicted molar refractivity (Wildman–Crippen MR) is 78.9 cm³/mol. The van der Waals surface area contributed by atoms with Crippen molar-refractivity contribution in [2.75, 3.05) is 7.11 Å². The molecule has 96 valence electrons. The standard InChI is InChI=1S/C16H14O2S/c1-18-13-8-4-3-7-12(13)16(17)15-10-11-6-2-5-9-14(11)19-15/h2-10,16-17H,1H3. The zero-order chi connectivity index (χ0) is 13.2. The Bertz CT molecular complexity index is 670. The molecule has 1 atom stereocenters. The summed E-state index contributed by atoms with van der Waals surface area (Å²) in [6.45, 7) is 0. The summed E-state index contributed by atoms with van der Waals surface area (Å²) in [5.74, 6) is 0.715. The summed E-state index contributed by atoms with van der Waals surface area (Å²) in [6.07, 6.45) is -0.645. The number of methoxy groups -OCH3 is 1. The number of para-hydroxylation sites is 1. The lowest BCUT2D eigenvalue weighted by Crippen LogP contribution is -2.00. The summed E-state index contributed by atoms with van der Waals surface area (Å²) >= 11 is 1.61. The van der Waals surface area contributed by atoms with E-state index in [-0.39, 0.29) is 0 Å². The first-order chi connectivity index (χ1) is 9.29. The van der Waals surface area contributed by atoms with E-state index in [0.717, 1.165) is 15.8 Å². The number of aliphatic hydroxyl groups excluding tert-OH is 1. The Morgan fingerprint density at radius 2 is 1.79 bits per heavy atom. The van der Waals surface area contributed by atoms with E-state index in [9.17, 15) is 5.11 Å². The summed E-state index contributed by atoms with van der Waals surface area (Å²) in [5, 5.41) is 11.7. The first-order valence-electron chi connectivity index (χ1n) is 6.09. The molecular formula is C16H14O2S. The van der Waals surface area contributed by atoms with Crippen LogP contribution in [0.15, 0.2) is 54.6 Å². The fourth-order valence-corrected chi connectivity index (χ4v) is 3.25. The van der Waals surface area contributed by atoms with Gasteiger partial charge < -0.3 is 9.84 Å². The second kappa shape index (κ2) is 5.03. The summed E-state index contributed by atoms with van der Waals surface area (Å²) in [4.78, 5) is 0.936. The fourth-order valence-electron chi connectivity index (χ4n) is 2.18. The molecule has 0 fully saturated rings. The molecule has 0 saturated carbocycles. The van der Waals surface area contributed by atoms with Gasteiger partial charge in [-0.3, -0.25) is 0 Å². The number of thiophene rings is 1. The van der Waals surface area contributed by atoms with Crippen molar-refractivity contribution in [1.82, 2.24) is 0 Å². The lowest BCUT2D eigenvalue weighted by molar-refractivity contribution is 0.218. The van der Waals surface area contributed by atoms with Crippen LogP contribution in [0, 0.1) is 0 Å². The average Bonchev–Trinajstić information content (AvgIpc) is 2.90. The molecule has 3 rings (SSSR count). The second-order valence-electron chi connectivity index (χ2n) is 4.33.